The Morgan fingerprint density at radius 1 is 1.46 bits per heavy atom. The topological polar surface area (TPSA) is 26.3 Å². The number of halogens is 3. The molecule has 2 nitrogen and oxygen atoms in total. The SMILES string of the molecule is C#CC/C=C(\C=C(/C)C(F)(F)F)OCC/C=C/C1CCC(=O)[C@@H]1CC=C. The average Bonchev–Trinajstić information content (AvgIpc) is 2.92. The van der Waals surface area contributed by atoms with Gasteiger partial charge in [-0.2, -0.15) is 13.2 Å². The molecule has 5 heteroatoms. The maximum Gasteiger partial charge on any atom is 0.412 e. The molecule has 0 amide bonds. The number of carbonyl (C=O) groups is 1. The Balaban J connectivity index is 2.56. The molecule has 0 saturated heterocycles. The van der Waals surface area contributed by atoms with Crippen molar-refractivity contribution in [2.24, 2.45) is 11.8 Å². The fraction of sp³-hybridized carbons (Fsp3) is 0.476. The molecule has 142 valence electrons. The van der Waals surface area contributed by atoms with Crippen LogP contribution in [-0.4, -0.2) is 18.6 Å². The first-order chi connectivity index (χ1) is 12.3. The summed E-state index contributed by atoms with van der Waals surface area (Å²) in [6.07, 6.45) is 11.7. The Morgan fingerprint density at radius 3 is 2.81 bits per heavy atom. The Hall–Kier alpha value is -2.22. The summed E-state index contributed by atoms with van der Waals surface area (Å²) in [5.41, 5.74) is -0.743. The third kappa shape index (κ3) is 7.35. The van der Waals surface area contributed by atoms with E-state index in [1.165, 1.54) is 6.08 Å². The number of rotatable bonds is 9. The summed E-state index contributed by atoms with van der Waals surface area (Å²) < 4.78 is 43.3. The minimum atomic E-state index is -4.40. The highest BCUT2D eigenvalue weighted by atomic mass is 19.4. The van der Waals surface area contributed by atoms with Gasteiger partial charge in [-0.15, -0.1) is 18.9 Å². The highest BCUT2D eigenvalue weighted by Crippen LogP contribution is 2.32. The lowest BCUT2D eigenvalue weighted by molar-refractivity contribution is -0.120. The van der Waals surface area contributed by atoms with Crippen LogP contribution < -0.4 is 0 Å². The Kier molecular flexibility index (Phi) is 8.98. The molecule has 1 fully saturated rings. The molecular formula is C21H25F3O2. The molecule has 0 radical (unpaired) electrons. The number of allylic oxidation sites excluding steroid dienone is 5. The van der Waals surface area contributed by atoms with Crippen molar-refractivity contribution in [3.8, 4) is 12.3 Å². The summed E-state index contributed by atoms with van der Waals surface area (Å²) >= 11 is 0. The molecule has 1 rings (SSSR count). The molecule has 1 aliphatic carbocycles. The Bertz CT molecular complexity index is 618. The molecule has 0 spiro atoms. The first-order valence-electron chi connectivity index (χ1n) is 8.61. The summed E-state index contributed by atoms with van der Waals surface area (Å²) in [6, 6.07) is 0. The van der Waals surface area contributed by atoms with Crippen LogP contribution in [0.1, 0.15) is 39.0 Å². The van der Waals surface area contributed by atoms with Crippen LogP contribution in [0.2, 0.25) is 0 Å². The van der Waals surface area contributed by atoms with Crippen LogP contribution >= 0.6 is 0 Å². The lowest BCUT2D eigenvalue weighted by Crippen LogP contribution is -2.12. The average molecular weight is 366 g/mol. The van der Waals surface area contributed by atoms with Gasteiger partial charge in [0.2, 0.25) is 0 Å². The molecule has 0 N–H and O–H groups in total. The molecular weight excluding hydrogens is 341 g/mol. The molecule has 0 aliphatic heterocycles. The molecule has 0 heterocycles. The lowest BCUT2D eigenvalue weighted by atomic mass is 9.92. The zero-order valence-electron chi connectivity index (χ0n) is 15.0. The van der Waals surface area contributed by atoms with Crippen LogP contribution in [-0.2, 0) is 9.53 Å². The summed E-state index contributed by atoms with van der Waals surface area (Å²) in [5.74, 6) is 2.93. The second kappa shape index (κ2) is 10.7. The van der Waals surface area contributed by atoms with Crippen molar-refractivity contribution >= 4 is 5.78 Å². The van der Waals surface area contributed by atoms with E-state index >= 15 is 0 Å². The van der Waals surface area contributed by atoms with Gasteiger partial charge in [0.25, 0.3) is 0 Å². The van der Waals surface area contributed by atoms with Gasteiger partial charge in [0.1, 0.15) is 11.5 Å². The maximum absolute atomic E-state index is 12.6. The molecule has 1 saturated carbocycles. The maximum atomic E-state index is 12.6. The van der Waals surface area contributed by atoms with E-state index in [0.29, 0.717) is 19.3 Å². The fourth-order valence-corrected chi connectivity index (χ4v) is 2.78. The van der Waals surface area contributed by atoms with Crippen molar-refractivity contribution in [2.45, 2.75) is 45.2 Å². The minimum absolute atomic E-state index is 0.00637. The first kappa shape index (κ1) is 21.8. The molecule has 0 bridgehead atoms. The van der Waals surface area contributed by atoms with E-state index in [1.807, 2.05) is 12.2 Å². The second-order valence-corrected chi connectivity index (χ2v) is 6.20. The fourth-order valence-electron chi connectivity index (χ4n) is 2.78. The lowest BCUT2D eigenvalue weighted by Gasteiger charge is -2.12. The zero-order valence-corrected chi connectivity index (χ0v) is 15.0. The number of ether oxygens (including phenoxy) is 1. The van der Waals surface area contributed by atoms with Crippen LogP contribution in [0.4, 0.5) is 13.2 Å². The van der Waals surface area contributed by atoms with E-state index < -0.39 is 11.7 Å². The number of carbonyl (C=O) groups excluding carboxylic acids is 1. The van der Waals surface area contributed by atoms with Gasteiger partial charge in [-0.25, -0.2) is 0 Å². The minimum Gasteiger partial charge on any atom is -0.494 e. The van der Waals surface area contributed by atoms with E-state index in [1.54, 1.807) is 6.08 Å². The third-order valence-electron chi connectivity index (χ3n) is 4.24. The molecule has 1 unspecified atom stereocenters. The normalized spacial score (nSPS) is 21.9. The molecule has 26 heavy (non-hydrogen) atoms. The molecule has 0 aromatic rings. The van der Waals surface area contributed by atoms with Gasteiger partial charge in [0, 0.05) is 24.3 Å². The van der Waals surface area contributed by atoms with Gasteiger partial charge in [-0.05, 0) is 44.3 Å². The van der Waals surface area contributed by atoms with Gasteiger partial charge < -0.3 is 4.74 Å². The largest absolute Gasteiger partial charge is 0.494 e. The second-order valence-electron chi connectivity index (χ2n) is 6.20. The number of Topliss-reactive ketones (excluding diaryl/α,β-unsaturated/α-hetero) is 1. The molecule has 0 aromatic heterocycles. The summed E-state index contributed by atoms with van der Waals surface area (Å²) in [5, 5.41) is 0. The van der Waals surface area contributed by atoms with Crippen molar-refractivity contribution in [1.82, 2.24) is 0 Å². The highest BCUT2D eigenvalue weighted by molar-refractivity contribution is 5.83. The van der Waals surface area contributed by atoms with Crippen LogP contribution in [0.25, 0.3) is 0 Å². The van der Waals surface area contributed by atoms with Crippen molar-refractivity contribution in [1.29, 1.82) is 0 Å². The van der Waals surface area contributed by atoms with Crippen LogP contribution in [0.3, 0.4) is 0 Å². The number of hydrogen-bond donors (Lipinski definition) is 0. The van der Waals surface area contributed by atoms with Crippen molar-refractivity contribution < 1.29 is 22.7 Å². The summed E-state index contributed by atoms with van der Waals surface area (Å²) in [6.45, 7) is 4.91. The van der Waals surface area contributed by atoms with Crippen molar-refractivity contribution in [3.63, 3.8) is 0 Å². The number of hydrogen-bond acceptors (Lipinski definition) is 2. The predicted octanol–water partition coefficient (Wildman–Crippen LogP) is 5.54. The van der Waals surface area contributed by atoms with Crippen molar-refractivity contribution in [2.75, 3.05) is 6.61 Å². The van der Waals surface area contributed by atoms with Gasteiger partial charge in [-0.3, -0.25) is 4.79 Å². The van der Waals surface area contributed by atoms with E-state index in [0.717, 1.165) is 19.4 Å². The van der Waals surface area contributed by atoms with Crippen molar-refractivity contribution in [3.05, 3.63) is 48.3 Å². The highest BCUT2D eigenvalue weighted by Gasteiger charge is 2.31. The first-order valence-corrected chi connectivity index (χ1v) is 8.61. The monoisotopic (exact) mass is 366 g/mol. The van der Waals surface area contributed by atoms with Gasteiger partial charge in [0.15, 0.2) is 0 Å². The molecule has 1 aliphatic rings. The molecule has 0 aromatic carbocycles. The summed E-state index contributed by atoms with van der Waals surface area (Å²) in [7, 11) is 0. The van der Waals surface area contributed by atoms with Gasteiger partial charge in [0.05, 0.1) is 6.61 Å². The predicted molar refractivity (Wildman–Crippen MR) is 97.1 cm³/mol. The smallest absolute Gasteiger partial charge is 0.412 e. The van der Waals surface area contributed by atoms with Gasteiger partial charge >= 0.3 is 6.18 Å². The quantitative estimate of drug-likeness (QED) is 0.176. The zero-order chi connectivity index (χ0) is 19.6. The van der Waals surface area contributed by atoms with Crippen LogP contribution in [0, 0.1) is 24.2 Å². The number of alkyl halides is 3. The van der Waals surface area contributed by atoms with E-state index in [9.17, 15) is 18.0 Å². The van der Waals surface area contributed by atoms with E-state index in [2.05, 4.69) is 12.5 Å². The van der Waals surface area contributed by atoms with E-state index in [-0.39, 0.29) is 36.4 Å². The summed E-state index contributed by atoms with van der Waals surface area (Å²) in [4.78, 5) is 11.8. The number of terminal acetylenes is 1. The van der Waals surface area contributed by atoms with Crippen LogP contribution in [0.5, 0.6) is 0 Å². The van der Waals surface area contributed by atoms with E-state index in [4.69, 9.17) is 11.2 Å². The van der Waals surface area contributed by atoms with Gasteiger partial charge in [-0.1, -0.05) is 18.2 Å². The van der Waals surface area contributed by atoms with Crippen LogP contribution in [0.15, 0.2) is 48.3 Å². The third-order valence-corrected chi connectivity index (χ3v) is 4.24. The standard InChI is InChI=1S/C21H25F3O2/c1-4-6-11-18(15-16(3)21(22,23)24)26-14-8-7-10-17-12-13-20(25)19(17)9-5-2/h1,5,7,10-11,15,17,19H,2,6,8-9,12-14H2,3H3/b10-7+,16-15+,18-11+/t17?,19-/m1/s1. The Morgan fingerprint density at radius 2 is 2.19 bits per heavy atom. The molecule has 2 atom stereocenters. The Labute approximate surface area is 153 Å². The number of ketones is 1.